The van der Waals surface area contributed by atoms with Crippen molar-refractivity contribution in [2.45, 2.75) is 52.9 Å². The van der Waals surface area contributed by atoms with Crippen LogP contribution in [0.15, 0.2) is 0 Å². The van der Waals surface area contributed by atoms with Gasteiger partial charge < -0.3 is 9.64 Å². The van der Waals surface area contributed by atoms with E-state index in [-0.39, 0.29) is 18.1 Å². The van der Waals surface area contributed by atoms with Crippen molar-refractivity contribution in [3.63, 3.8) is 0 Å². The van der Waals surface area contributed by atoms with E-state index in [1.54, 1.807) is 0 Å². The fraction of sp³-hybridized carbons (Fsp3) is 0.714. The normalized spacial score (nSPS) is 23.1. The second-order valence-corrected chi connectivity index (χ2v) is 5.89. The van der Waals surface area contributed by atoms with E-state index >= 15 is 0 Å². The van der Waals surface area contributed by atoms with Crippen molar-refractivity contribution in [3.05, 3.63) is 16.4 Å². The lowest BCUT2D eigenvalue weighted by Crippen LogP contribution is -2.48. The number of aryl methyl sites for hydroxylation is 2. The van der Waals surface area contributed by atoms with Gasteiger partial charge in [-0.3, -0.25) is 9.48 Å². The highest BCUT2D eigenvalue weighted by molar-refractivity contribution is 6.31. The molecule has 20 heavy (non-hydrogen) atoms. The highest BCUT2D eigenvalue weighted by Crippen LogP contribution is 2.19. The van der Waals surface area contributed by atoms with Gasteiger partial charge in [0.05, 0.1) is 35.2 Å². The summed E-state index contributed by atoms with van der Waals surface area (Å²) in [7, 11) is 0. The molecule has 1 aliphatic rings. The first kappa shape index (κ1) is 15.3. The summed E-state index contributed by atoms with van der Waals surface area (Å²) >= 11 is 6.11. The monoisotopic (exact) mass is 299 g/mol. The van der Waals surface area contributed by atoms with Crippen LogP contribution in [0.4, 0.5) is 0 Å². The summed E-state index contributed by atoms with van der Waals surface area (Å²) in [6.45, 7) is 9.69. The number of hydrogen-bond acceptors (Lipinski definition) is 3. The minimum Gasteiger partial charge on any atom is -0.372 e. The summed E-state index contributed by atoms with van der Waals surface area (Å²) < 4.78 is 7.45. The van der Waals surface area contributed by atoms with E-state index in [9.17, 15) is 4.79 Å². The molecule has 0 aliphatic carbocycles. The van der Waals surface area contributed by atoms with Gasteiger partial charge in [-0.2, -0.15) is 5.10 Å². The minimum atomic E-state index is 0.103. The smallest absolute Gasteiger partial charge is 0.224 e. The van der Waals surface area contributed by atoms with Gasteiger partial charge in [-0.1, -0.05) is 11.6 Å². The zero-order chi connectivity index (χ0) is 14.9. The number of carbonyl (C=O) groups excluding carboxylic acids is 1. The van der Waals surface area contributed by atoms with Crippen LogP contribution in [0.1, 0.15) is 31.7 Å². The van der Waals surface area contributed by atoms with Gasteiger partial charge in [-0.15, -0.1) is 0 Å². The fourth-order valence-electron chi connectivity index (χ4n) is 2.63. The summed E-state index contributed by atoms with van der Waals surface area (Å²) in [6.07, 6.45) is 0.647. The third kappa shape index (κ3) is 3.33. The molecule has 112 valence electrons. The van der Waals surface area contributed by atoms with E-state index in [1.807, 2.05) is 37.3 Å². The molecule has 2 rings (SSSR count). The molecule has 1 fully saturated rings. The molecule has 0 spiro atoms. The number of amides is 1. The predicted octanol–water partition coefficient (Wildman–Crippen LogP) is 2.18. The Morgan fingerprint density at radius 3 is 2.45 bits per heavy atom. The number of aromatic nitrogens is 2. The van der Waals surface area contributed by atoms with Gasteiger partial charge in [-0.05, 0) is 27.7 Å². The summed E-state index contributed by atoms with van der Waals surface area (Å²) in [5.41, 5.74) is 1.73. The van der Waals surface area contributed by atoms with E-state index in [0.717, 1.165) is 11.4 Å². The number of ether oxygens (including phenoxy) is 1. The average molecular weight is 300 g/mol. The van der Waals surface area contributed by atoms with Gasteiger partial charge in [0.2, 0.25) is 5.91 Å². The first-order chi connectivity index (χ1) is 9.38. The van der Waals surface area contributed by atoms with Crippen molar-refractivity contribution in [1.82, 2.24) is 14.7 Å². The van der Waals surface area contributed by atoms with Gasteiger partial charge in [0, 0.05) is 19.5 Å². The zero-order valence-electron chi connectivity index (χ0n) is 12.5. The van der Waals surface area contributed by atoms with Crippen LogP contribution in [0.2, 0.25) is 5.02 Å². The van der Waals surface area contributed by atoms with Crippen LogP contribution in [0.3, 0.4) is 0 Å². The second-order valence-electron chi connectivity index (χ2n) is 5.51. The van der Waals surface area contributed by atoms with Crippen molar-refractivity contribution in [3.8, 4) is 0 Å². The summed E-state index contributed by atoms with van der Waals surface area (Å²) in [5.74, 6) is 0.149. The Kier molecular flexibility index (Phi) is 4.70. The van der Waals surface area contributed by atoms with Crippen molar-refractivity contribution >= 4 is 17.5 Å². The maximum absolute atomic E-state index is 12.3. The number of morpholine rings is 1. The van der Waals surface area contributed by atoms with Crippen LogP contribution < -0.4 is 0 Å². The molecule has 1 aromatic heterocycles. The molecule has 1 amide bonds. The lowest BCUT2D eigenvalue weighted by molar-refractivity contribution is -0.143. The highest BCUT2D eigenvalue weighted by Gasteiger charge is 2.25. The molecule has 1 aliphatic heterocycles. The van der Waals surface area contributed by atoms with Crippen LogP contribution in [0, 0.1) is 13.8 Å². The summed E-state index contributed by atoms with van der Waals surface area (Å²) in [4.78, 5) is 14.1. The van der Waals surface area contributed by atoms with Crippen molar-refractivity contribution < 1.29 is 9.53 Å². The standard InChI is InChI=1S/C14H22ClN3O2/c1-9-7-17(8-10(2)20-9)13(19)5-6-18-12(4)14(15)11(3)16-18/h9-10H,5-8H2,1-4H3/t9-,10+. The van der Waals surface area contributed by atoms with E-state index in [1.165, 1.54) is 0 Å². The third-order valence-electron chi connectivity index (χ3n) is 3.60. The molecule has 5 nitrogen and oxygen atoms in total. The minimum absolute atomic E-state index is 0.103. The maximum atomic E-state index is 12.3. The summed E-state index contributed by atoms with van der Waals surface area (Å²) in [6, 6.07) is 0. The van der Waals surface area contributed by atoms with Crippen LogP contribution >= 0.6 is 11.6 Å². The predicted molar refractivity (Wildman–Crippen MR) is 77.9 cm³/mol. The molecule has 2 heterocycles. The molecule has 1 saturated heterocycles. The van der Waals surface area contributed by atoms with Crippen LogP contribution in [-0.2, 0) is 16.1 Å². The number of rotatable bonds is 3. The van der Waals surface area contributed by atoms with Crippen LogP contribution in [0.25, 0.3) is 0 Å². The zero-order valence-corrected chi connectivity index (χ0v) is 13.3. The Balaban J connectivity index is 1.93. The Morgan fingerprint density at radius 2 is 1.95 bits per heavy atom. The molecule has 1 aromatic rings. The number of nitrogens with zero attached hydrogens (tertiary/aromatic N) is 3. The molecule has 0 radical (unpaired) electrons. The van der Waals surface area contributed by atoms with Gasteiger partial charge in [0.25, 0.3) is 0 Å². The van der Waals surface area contributed by atoms with Gasteiger partial charge in [0.1, 0.15) is 0 Å². The number of hydrogen-bond donors (Lipinski definition) is 0. The van der Waals surface area contributed by atoms with Gasteiger partial charge in [-0.25, -0.2) is 0 Å². The molecule has 0 unspecified atom stereocenters. The first-order valence-corrected chi connectivity index (χ1v) is 7.39. The molecular formula is C14H22ClN3O2. The molecule has 6 heteroatoms. The first-order valence-electron chi connectivity index (χ1n) is 7.01. The Morgan fingerprint density at radius 1 is 1.35 bits per heavy atom. The largest absolute Gasteiger partial charge is 0.372 e. The molecule has 2 atom stereocenters. The molecule has 0 N–H and O–H groups in total. The fourth-order valence-corrected chi connectivity index (χ4v) is 2.77. The Bertz CT molecular complexity index is 491. The Hall–Kier alpha value is -1.07. The molecule has 0 saturated carbocycles. The highest BCUT2D eigenvalue weighted by atomic mass is 35.5. The van der Waals surface area contributed by atoms with Crippen LogP contribution in [0.5, 0.6) is 0 Å². The SMILES string of the molecule is Cc1nn(CCC(=O)N2C[C@@H](C)O[C@@H](C)C2)c(C)c1Cl. The lowest BCUT2D eigenvalue weighted by Gasteiger charge is -2.35. The summed E-state index contributed by atoms with van der Waals surface area (Å²) in [5, 5.41) is 5.03. The van der Waals surface area contributed by atoms with Crippen molar-refractivity contribution in [1.29, 1.82) is 0 Å². The number of carbonyl (C=O) groups is 1. The van der Waals surface area contributed by atoms with E-state index in [0.29, 0.717) is 31.1 Å². The van der Waals surface area contributed by atoms with E-state index in [2.05, 4.69) is 5.10 Å². The molecule has 0 aromatic carbocycles. The van der Waals surface area contributed by atoms with Crippen LogP contribution in [-0.4, -0.2) is 45.9 Å². The average Bonchev–Trinajstić information content (AvgIpc) is 2.62. The van der Waals surface area contributed by atoms with Gasteiger partial charge in [0.15, 0.2) is 0 Å². The molecule has 0 bridgehead atoms. The molecular weight excluding hydrogens is 278 g/mol. The number of halogens is 1. The topological polar surface area (TPSA) is 47.4 Å². The van der Waals surface area contributed by atoms with Crippen molar-refractivity contribution in [2.75, 3.05) is 13.1 Å². The maximum Gasteiger partial charge on any atom is 0.224 e. The van der Waals surface area contributed by atoms with Crippen molar-refractivity contribution in [2.24, 2.45) is 0 Å². The Labute approximate surface area is 124 Å². The van der Waals surface area contributed by atoms with E-state index in [4.69, 9.17) is 16.3 Å². The lowest BCUT2D eigenvalue weighted by atomic mass is 10.2. The van der Waals surface area contributed by atoms with Gasteiger partial charge >= 0.3 is 0 Å². The quantitative estimate of drug-likeness (QED) is 0.859. The second kappa shape index (κ2) is 6.14. The van der Waals surface area contributed by atoms with E-state index < -0.39 is 0 Å². The third-order valence-corrected chi connectivity index (χ3v) is 4.15.